The molecule has 0 aliphatic carbocycles. The number of ether oxygens (including phenoxy) is 1. The van der Waals surface area contributed by atoms with Crippen molar-refractivity contribution in [2.45, 2.75) is 31.8 Å². The Kier molecular flexibility index (Phi) is 9.34. The van der Waals surface area contributed by atoms with Crippen LogP contribution in [0.5, 0.6) is 11.5 Å². The fraction of sp³-hybridized carbons (Fsp3) is 0.333. The first-order valence-electron chi connectivity index (χ1n) is 8.07. The van der Waals surface area contributed by atoms with E-state index in [1.54, 1.807) is 30.5 Å². The Morgan fingerprint density at radius 3 is 2.85 bits per heavy atom. The van der Waals surface area contributed by atoms with Gasteiger partial charge in [0.2, 0.25) is 5.91 Å². The zero-order valence-electron chi connectivity index (χ0n) is 14.1. The van der Waals surface area contributed by atoms with Gasteiger partial charge < -0.3 is 15.4 Å². The van der Waals surface area contributed by atoms with E-state index in [0.717, 1.165) is 19.4 Å². The van der Waals surface area contributed by atoms with Gasteiger partial charge in [-0.25, -0.2) is 4.39 Å². The molecule has 0 radical (unpaired) electrons. The minimum Gasteiger partial charge on any atom is -0.453 e. The molecule has 1 aromatic carbocycles. The number of pyridine rings is 1. The van der Waals surface area contributed by atoms with E-state index in [1.807, 2.05) is 0 Å². The normalized spacial score (nSPS) is 15.5. The van der Waals surface area contributed by atoms with Gasteiger partial charge in [-0.2, -0.15) is 0 Å². The highest BCUT2D eigenvalue weighted by Crippen LogP contribution is 2.24. The van der Waals surface area contributed by atoms with E-state index in [0.29, 0.717) is 24.3 Å². The second-order valence-electron chi connectivity index (χ2n) is 5.83. The second-order valence-corrected chi connectivity index (χ2v) is 5.83. The number of benzene rings is 1. The molecule has 5 nitrogen and oxygen atoms in total. The fourth-order valence-corrected chi connectivity index (χ4v) is 2.70. The average molecular weight is 402 g/mol. The van der Waals surface area contributed by atoms with Gasteiger partial charge in [-0.1, -0.05) is 6.07 Å². The predicted molar refractivity (Wildman–Crippen MR) is 103 cm³/mol. The lowest BCUT2D eigenvalue weighted by Crippen LogP contribution is -2.31. The summed E-state index contributed by atoms with van der Waals surface area (Å²) in [5, 5.41) is 6.11. The van der Waals surface area contributed by atoms with E-state index in [2.05, 4.69) is 15.6 Å². The Hall–Kier alpha value is -1.89. The van der Waals surface area contributed by atoms with Crippen LogP contribution in [0.15, 0.2) is 42.7 Å². The maximum Gasteiger partial charge on any atom is 0.221 e. The lowest BCUT2D eigenvalue weighted by Gasteiger charge is -2.11. The van der Waals surface area contributed by atoms with Crippen molar-refractivity contribution in [2.24, 2.45) is 0 Å². The quantitative estimate of drug-likeness (QED) is 0.775. The van der Waals surface area contributed by atoms with Crippen LogP contribution in [-0.2, 0) is 11.3 Å². The summed E-state index contributed by atoms with van der Waals surface area (Å²) < 4.78 is 19.6. The number of aromatic nitrogens is 1. The van der Waals surface area contributed by atoms with Gasteiger partial charge in [0.05, 0.1) is 6.20 Å². The van der Waals surface area contributed by atoms with Gasteiger partial charge in [0, 0.05) is 25.2 Å². The molecule has 0 saturated carbocycles. The van der Waals surface area contributed by atoms with Crippen LogP contribution in [0.1, 0.15) is 24.8 Å². The van der Waals surface area contributed by atoms with Crippen molar-refractivity contribution in [3.63, 3.8) is 0 Å². The van der Waals surface area contributed by atoms with Crippen LogP contribution in [-0.4, -0.2) is 23.5 Å². The number of carbonyl (C=O) groups excluding carboxylic acids is 1. The summed E-state index contributed by atoms with van der Waals surface area (Å²) in [6.07, 6.45) is 5.75. The van der Waals surface area contributed by atoms with E-state index in [-0.39, 0.29) is 42.5 Å². The topological polar surface area (TPSA) is 63.2 Å². The molecule has 0 bridgehead atoms. The molecule has 8 heteroatoms. The maximum atomic E-state index is 14.1. The molecule has 26 heavy (non-hydrogen) atoms. The average Bonchev–Trinajstić information content (AvgIpc) is 3.09. The van der Waals surface area contributed by atoms with Crippen LogP contribution in [0.25, 0.3) is 0 Å². The fourth-order valence-electron chi connectivity index (χ4n) is 2.70. The van der Waals surface area contributed by atoms with Crippen molar-refractivity contribution in [2.75, 3.05) is 6.54 Å². The molecule has 1 amide bonds. The lowest BCUT2D eigenvalue weighted by atomic mass is 10.1. The lowest BCUT2D eigenvalue weighted by molar-refractivity contribution is -0.121. The predicted octanol–water partition coefficient (Wildman–Crippen LogP) is 3.61. The molecular formula is C18H22Cl2FN3O2. The molecule has 1 fully saturated rings. The number of carbonyl (C=O) groups is 1. The molecule has 1 aromatic heterocycles. The van der Waals surface area contributed by atoms with E-state index < -0.39 is 5.82 Å². The summed E-state index contributed by atoms with van der Waals surface area (Å²) in [5.74, 6) is 0.114. The number of nitrogens with zero attached hydrogens (tertiary/aromatic N) is 1. The zero-order valence-corrected chi connectivity index (χ0v) is 15.7. The summed E-state index contributed by atoms with van der Waals surface area (Å²) >= 11 is 0. The van der Waals surface area contributed by atoms with Crippen LogP contribution in [0.2, 0.25) is 0 Å². The van der Waals surface area contributed by atoms with E-state index in [9.17, 15) is 9.18 Å². The molecule has 3 rings (SSSR count). The number of hydrogen-bond donors (Lipinski definition) is 2. The van der Waals surface area contributed by atoms with Gasteiger partial charge in [-0.15, -0.1) is 24.8 Å². The highest BCUT2D eigenvalue weighted by atomic mass is 35.5. The Morgan fingerprint density at radius 1 is 1.35 bits per heavy atom. The molecular weight excluding hydrogens is 380 g/mol. The minimum absolute atomic E-state index is 0. The largest absolute Gasteiger partial charge is 0.453 e. The van der Waals surface area contributed by atoms with Crippen molar-refractivity contribution in [1.82, 2.24) is 15.6 Å². The standard InChI is InChI=1S/C18H20FN3O2.2ClH/c19-16-9-13(11-22-18(23)10-14-3-1-8-21-14)5-6-17(16)24-15-4-2-7-20-12-15;;/h2,4-7,9,12,14,21H,1,3,8,10-11H2,(H,22,23);2*1H. The van der Waals surface area contributed by atoms with Crippen molar-refractivity contribution >= 4 is 30.7 Å². The van der Waals surface area contributed by atoms with Gasteiger partial charge in [0.1, 0.15) is 5.75 Å². The van der Waals surface area contributed by atoms with Gasteiger partial charge in [0.25, 0.3) is 0 Å². The van der Waals surface area contributed by atoms with Gasteiger partial charge >= 0.3 is 0 Å². The van der Waals surface area contributed by atoms with Crippen molar-refractivity contribution in [3.8, 4) is 11.5 Å². The first-order valence-corrected chi connectivity index (χ1v) is 8.07. The Balaban J connectivity index is 0.00000169. The Morgan fingerprint density at radius 2 is 2.19 bits per heavy atom. The maximum absolute atomic E-state index is 14.1. The van der Waals surface area contributed by atoms with Gasteiger partial charge in [-0.05, 0) is 49.2 Å². The molecule has 0 spiro atoms. The molecule has 1 aliphatic rings. The molecule has 2 heterocycles. The van der Waals surface area contributed by atoms with E-state index in [1.165, 1.54) is 12.3 Å². The number of rotatable bonds is 6. The highest BCUT2D eigenvalue weighted by molar-refractivity contribution is 5.85. The van der Waals surface area contributed by atoms with Crippen molar-refractivity contribution in [3.05, 3.63) is 54.1 Å². The first-order chi connectivity index (χ1) is 11.7. The van der Waals surface area contributed by atoms with Crippen LogP contribution < -0.4 is 15.4 Å². The molecule has 1 aliphatic heterocycles. The molecule has 1 atom stereocenters. The van der Waals surface area contributed by atoms with Gasteiger partial charge in [-0.3, -0.25) is 9.78 Å². The molecule has 2 aromatic rings. The number of halogens is 3. The van der Waals surface area contributed by atoms with Crippen molar-refractivity contribution in [1.29, 1.82) is 0 Å². The molecule has 2 N–H and O–H groups in total. The zero-order chi connectivity index (χ0) is 16.8. The number of nitrogens with one attached hydrogen (secondary N) is 2. The second kappa shape index (κ2) is 11.0. The molecule has 1 saturated heterocycles. The summed E-state index contributed by atoms with van der Waals surface area (Å²) in [5.41, 5.74) is 0.693. The first kappa shape index (κ1) is 22.2. The third-order valence-corrected chi connectivity index (χ3v) is 3.94. The smallest absolute Gasteiger partial charge is 0.221 e. The monoisotopic (exact) mass is 401 g/mol. The van der Waals surface area contributed by atoms with E-state index in [4.69, 9.17) is 4.74 Å². The summed E-state index contributed by atoms with van der Waals surface area (Å²) in [7, 11) is 0. The summed E-state index contributed by atoms with van der Waals surface area (Å²) in [6, 6.07) is 8.36. The Labute approximate surface area is 164 Å². The number of hydrogen-bond acceptors (Lipinski definition) is 4. The third-order valence-electron chi connectivity index (χ3n) is 3.94. The highest BCUT2D eigenvalue weighted by Gasteiger charge is 2.17. The molecule has 142 valence electrons. The van der Waals surface area contributed by atoms with Gasteiger partial charge in [0.15, 0.2) is 11.6 Å². The Bertz CT molecular complexity index is 698. The summed E-state index contributed by atoms with van der Waals surface area (Å²) in [4.78, 5) is 15.8. The third kappa shape index (κ3) is 6.44. The van der Waals surface area contributed by atoms with Crippen molar-refractivity contribution < 1.29 is 13.9 Å². The molecule has 1 unspecified atom stereocenters. The van der Waals surface area contributed by atoms with E-state index >= 15 is 0 Å². The van der Waals surface area contributed by atoms with Crippen LogP contribution in [0.4, 0.5) is 4.39 Å². The SMILES string of the molecule is Cl.Cl.O=C(CC1CCCN1)NCc1ccc(Oc2cccnc2)c(F)c1. The summed E-state index contributed by atoms with van der Waals surface area (Å²) in [6.45, 7) is 1.28. The minimum atomic E-state index is -0.469. The van der Waals surface area contributed by atoms with Crippen LogP contribution in [0.3, 0.4) is 0 Å². The number of amides is 1. The van der Waals surface area contributed by atoms with Crippen LogP contribution >= 0.6 is 24.8 Å². The van der Waals surface area contributed by atoms with Crippen LogP contribution in [0, 0.1) is 5.82 Å².